The summed E-state index contributed by atoms with van der Waals surface area (Å²) >= 11 is 3.35. The van der Waals surface area contributed by atoms with Gasteiger partial charge in [-0.25, -0.2) is 14.3 Å². The van der Waals surface area contributed by atoms with E-state index in [0.717, 1.165) is 15.7 Å². The molecular weight excluding hydrogens is 336 g/mol. The van der Waals surface area contributed by atoms with Crippen molar-refractivity contribution >= 4 is 27.7 Å². The molecule has 0 spiro atoms. The van der Waals surface area contributed by atoms with E-state index in [1.54, 1.807) is 12.3 Å². The lowest BCUT2D eigenvalue weighted by Crippen LogP contribution is -2.07. The summed E-state index contributed by atoms with van der Waals surface area (Å²) in [7, 11) is 0. The number of esters is 1. The quantitative estimate of drug-likeness (QED) is 0.681. The van der Waals surface area contributed by atoms with Crippen LogP contribution < -0.4 is 0 Å². The van der Waals surface area contributed by atoms with Crippen LogP contribution in [0.4, 0.5) is 0 Å². The number of hydrogen-bond donors (Lipinski definition) is 0. The number of nitrogens with zero attached hydrogens (tertiary/aromatic N) is 4. The molecular formula is C14H11BrN4O2. The van der Waals surface area contributed by atoms with Crippen LogP contribution in [-0.4, -0.2) is 25.6 Å². The van der Waals surface area contributed by atoms with Crippen LogP contribution in [0.2, 0.25) is 0 Å². The molecule has 0 saturated carbocycles. The van der Waals surface area contributed by atoms with Crippen molar-refractivity contribution in [3.8, 4) is 0 Å². The third-order valence-corrected chi connectivity index (χ3v) is 3.42. The fourth-order valence-corrected chi connectivity index (χ4v) is 2.05. The molecule has 0 bridgehead atoms. The second-order valence-electron chi connectivity index (χ2n) is 4.44. The highest BCUT2D eigenvalue weighted by atomic mass is 79.9. The number of aryl methyl sites for hydroxylation is 1. The third-order valence-electron chi connectivity index (χ3n) is 2.90. The van der Waals surface area contributed by atoms with Crippen LogP contribution in [-0.2, 0) is 11.3 Å². The fourth-order valence-electron chi connectivity index (χ4n) is 1.79. The van der Waals surface area contributed by atoms with E-state index in [2.05, 4.69) is 31.0 Å². The Hall–Kier alpha value is -2.28. The van der Waals surface area contributed by atoms with E-state index in [9.17, 15) is 4.79 Å². The van der Waals surface area contributed by atoms with Crippen LogP contribution >= 0.6 is 15.9 Å². The molecule has 3 aromatic rings. The molecule has 6 nitrogen and oxygen atoms in total. The number of aromatic nitrogens is 4. The first-order valence-electron chi connectivity index (χ1n) is 6.23. The zero-order valence-electron chi connectivity index (χ0n) is 11.2. The van der Waals surface area contributed by atoms with Gasteiger partial charge in [0.25, 0.3) is 11.6 Å². The van der Waals surface area contributed by atoms with Crippen LogP contribution in [0.1, 0.15) is 21.9 Å². The minimum atomic E-state index is -0.567. The van der Waals surface area contributed by atoms with Crippen molar-refractivity contribution < 1.29 is 9.53 Å². The van der Waals surface area contributed by atoms with E-state index in [1.165, 1.54) is 4.52 Å². The fraction of sp³-hybridized carbons (Fsp3) is 0.143. The molecule has 3 rings (SSSR count). The van der Waals surface area contributed by atoms with Gasteiger partial charge in [0.2, 0.25) is 0 Å². The third kappa shape index (κ3) is 2.92. The Morgan fingerprint density at radius 1 is 1.29 bits per heavy atom. The standard InChI is InChI=1S/C14H11BrN4O2/c1-9-6-7-16-14-17-12(18-19(9)14)13(20)21-8-10-2-4-11(15)5-3-10/h2-7H,8H2,1H3. The summed E-state index contributed by atoms with van der Waals surface area (Å²) in [6, 6.07) is 9.32. The molecule has 1 aromatic carbocycles. The first kappa shape index (κ1) is 13.7. The van der Waals surface area contributed by atoms with Gasteiger partial charge in [-0.2, -0.15) is 4.98 Å². The first-order valence-corrected chi connectivity index (χ1v) is 7.03. The Morgan fingerprint density at radius 2 is 2.05 bits per heavy atom. The molecule has 0 unspecified atom stereocenters. The molecule has 0 fully saturated rings. The monoisotopic (exact) mass is 346 g/mol. The Balaban J connectivity index is 1.75. The number of fused-ring (bicyclic) bond motifs is 1. The molecule has 2 heterocycles. The van der Waals surface area contributed by atoms with Gasteiger partial charge in [-0.05, 0) is 30.7 Å². The van der Waals surface area contributed by atoms with Gasteiger partial charge >= 0.3 is 5.97 Å². The van der Waals surface area contributed by atoms with E-state index in [4.69, 9.17) is 4.74 Å². The molecule has 0 aliphatic carbocycles. The predicted molar refractivity (Wildman–Crippen MR) is 78.8 cm³/mol. The summed E-state index contributed by atoms with van der Waals surface area (Å²) in [5, 5.41) is 4.10. The van der Waals surface area contributed by atoms with Crippen molar-refractivity contribution in [3.05, 3.63) is 58.1 Å². The Kier molecular flexibility index (Phi) is 3.66. The van der Waals surface area contributed by atoms with Crippen LogP contribution in [0.25, 0.3) is 5.78 Å². The van der Waals surface area contributed by atoms with Gasteiger partial charge < -0.3 is 4.74 Å². The topological polar surface area (TPSA) is 69.4 Å². The number of rotatable bonds is 3. The van der Waals surface area contributed by atoms with Crippen molar-refractivity contribution in [2.24, 2.45) is 0 Å². The summed E-state index contributed by atoms with van der Waals surface area (Å²) in [6.45, 7) is 2.04. The van der Waals surface area contributed by atoms with Gasteiger partial charge in [0.1, 0.15) is 6.61 Å². The van der Waals surface area contributed by atoms with Gasteiger partial charge in [0, 0.05) is 16.4 Å². The molecule has 7 heteroatoms. The van der Waals surface area contributed by atoms with Crippen LogP contribution in [0.3, 0.4) is 0 Å². The predicted octanol–water partition coefficient (Wildman–Crippen LogP) is 2.55. The average molecular weight is 347 g/mol. The zero-order chi connectivity index (χ0) is 14.8. The summed E-state index contributed by atoms with van der Waals surface area (Å²) in [4.78, 5) is 20.1. The van der Waals surface area contributed by atoms with Gasteiger partial charge in [-0.15, -0.1) is 5.10 Å². The van der Waals surface area contributed by atoms with Gasteiger partial charge in [-0.1, -0.05) is 28.1 Å². The minimum Gasteiger partial charge on any atom is -0.455 e. The number of carbonyl (C=O) groups is 1. The summed E-state index contributed by atoms with van der Waals surface area (Å²) in [5.74, 6) is -0.178. The van der Waals surface area contributed by atoms with Crippen LogP contribution in [0, 0.1) is 6.92 Å². The maximum atomic E-state index is 12.0. The molecule has 106 valence electrons. The molecule has 0 aliphatic rings. The summed E-state index contributed by atoms with van der Waals surface area (Å²) in [6.07, 6.45) is 1.62. The van der Waals surface area contributed by atoms with Crippen molar-refractivity contribution in [1.82, 2.24) is 19.6 Å². The zero-order valence-corrected chi connectivity index (χ0v) is 12.7. The molecule has 0 atom stereocenters. The van der Waals surface area contributed by atoms with Crippen LogP contribution in [0.5, 0.6) is 0 Å². The molecule has 2 aromatic heterocycles. The lowest BCUT2D eigenvalue weighted by atomic mass is 10.2. The Morgan fingerprint density at radius 3 is 2.76 bits per heavy atom. The molecule has 0 aliphatic heterocycles. The van der Waals surface area contributed by atoms with Crippen molar-refractivity contribution in [1.29, 1.82) is 0 Å². The Labute approximate surface area is 128 Å². The largest absolute Gasteiger partial charge is 0.455 e. The minimum absolute atomic E-state index is 0.00825. The maximum Gasteiger partial charge on any atom is 0.378 e. The van der Waals surface area contributed by atoms with Gasteiger partial charge in [-0.3, -0.25) is 0 Å². The Bertz CT molecular complexity index is 798. The van der Waals surface area contributed by atoms with E-state index in [0.29, 0.717) is 5.78 Å². The highest BCUT2D eigenvalue weighted by Gasteiger charge is 2.15. The van der Waals surface area contributed by atoms with Crippen molar-refractivity contribution in [2.45, 2.75) is 13.5 Å². The summed E-state index contributed by atoms with van der Waals surface area (Å²) in [5.41, 5.74) is 1.74. The SMILES string of the molecule is Cc1ccnc2nc(C(=O)OCc3ccc(Br)cc3)nn12. The van der Waals surface area contributed by atoms with Crippen molar-refractivity contribution in [3.63, 3.8) is 0 Å². The van der Waals surface area contributed by atoms with Gasteiger partial charge in [0.05, 0.1) is 0 Å². The van der Waals surface area contributed by atoms with Crippen LogP contribution in [0.15, 0.2) is 41.0 Å². The summed E-state index contributed by atoms with van der Waals surface area (Å²) < 4.78 is 7.69. The number of hydrogen-bond acceptors (Lipinski definition) is 5. The molecule has 0 amide bonds. The smallest absolute Gasteiger partial charge is 0.378 e. The molecule has 0 N–H and O–H groups in total. The van der Waals surface area contributed by atoms with E-state index < -0.39 is 5.97 Å². The lowest BCUT2D eigenvalue weighted by Gasteiger charge is -2.02. The normalized spacial score (nSPS) is 10.8. The molecule has 0 saturated heterocycles. The van der Waals surface area contributed by atoms with E-state index in [1.807, 2.05) is 31.2 Å². The second kappa shape index (κ2) is 5.61. The second-order valence-corrected chi connectivity index (χ2v) is 5.35. The number of halogens is 1. The van der Waals surface area contributed by atoms with E-state index in [-0.39, 0.29) is 12.4 Å². The van der Waals surface area contributed by atoms with Crippen molar-refractivity contribution in [2.75, 3.05) is 0 Å². The number of ether oxygens (including phenoxy) is 1. The lowest BCUT2D eigenvalue weighted by molar-refractivity contribution is 0.0458. The number of carbonyl (C=O) groups excluding carboxylic acids is 1. The molecule has 21 heavy (non-hydrogen) atoms. The highest BCUT2D eigenvalue weighted by Crippen LogP contribution is 2.12. The first-order chi connectivity index (χ1) is 10.1. The average Bonchev–Trinajstić information content (AvgIpc) is 2.92. The highest BCUT2D eigenvalue weighted by molar-refractivity contribution is 9.10. The number of benzene rings is 1. The van der Waals surface area contributed by atoms with Gasteiger partial charge in [0.15, 0.2) is 0 Å². The maximum absolute atomic E-state index is 12.0. The van der Waals surface area contributed by atoms with E-state index >= 15 is 0 Å². The molecule has 0 radical (unpaired) electrons.